The van der Waals surface area contributed by atoms with E-state index in [-0.39, 0.29) is 0 Å². The minimum Gasteiger partial charge on any atom is -0.381 e. The van der Waals surface area contributed by atoms with Gasteiger partial charge in [-0.2, -0.15) is 0 Å². The fourth-order valence-electron chi connectivity index (χ4n) is 2.41. The van der Waals surface area contributed by atoms with Crippen LogP contribution in [-0.2, 0) is 8.85 Å². The Bertz CT molecular complexity index is 467. The van der Waals surface area contributed by atoms with Crippen LogP contribution in [-0.4, -0.2) is 22.9 Å². The molecule has 0 atom stereocenters. The molecule has 0 saturated carbocycles. The van der Waals surface area contributed by atoms with Crippen LogP contribution in [0.3, 0.4) is 0 Å². The highest BCUT2D eigenvalue weighted by Gasteiger charge is 2.43. The van der Waals surface area contributed by atoms with Crippen LogP contribution in [0.25, 0.3) is 0 Å². The zero-order chi connectivity index (χ0) is 14.4. The molecule has 2 rings (SSSR count). The molecule has 0 heterocycles. The van der Waals surface area contributed by atoms with Crippen LogP contribution in [0.2, 0.25) is 6.04 Å². The lowest BCUT2D eigenvalue weighted by Crippen LogP contribution is -2.55. The summed E-state index contributed by atoms with van der Waals surface area (Å²) in [5.41, 5.74) is 2.19. The highest BCUT2D eigenvalue weighted by molar-refractivity contribution is 6.72. The van der Waals surface area contributed by atoms with Crippen LogP contribution >= 0.6 is 0 Å². The average molecular weight is 287 g/mol. The second-order valence-electron chi connectivity index (χ2n) is 4.48. The van der Waals surface area contributed by atoms with Crippen LogP contribution in [0.15, 0.2) is 60.7 Å². The molecule has 0 aliphatic rings. The molecule has 2 aromatic rings. The quantitative estimate of drug-likeness (QED) is 0.747. The third-order valence-electron chi connectivity index (χ3n) is 3.45. The summed E-state index contributed by atoms with van der Waals surface area (Å²) in [6, 6.07) is 21.3. The molecule has 4 heteroatoms. The van der Waals surface area contributed by atoms with Crippen LogP contribution in [0.4, 0.5) is 11.4 Å². The van der Waals surface area contributed by atoms with Gasteiger partial charge < -0.3 is 13.4 Å². The van der Waals surface area contributed by atoms with E-state index in [9.17, 15) is 0 Å². The fourth-order valence-corrected chi connectivity index (χ4v) is 4.92. The van der Waals surface area contributed by atoms with Crippen molar-refractivity contribution >= 4 is 20.1 Å². The molecule has 0 aliphatic heterocycles. The third-order valence-corrected chi connectivity index (χ3v) is 6.82. The van der Waals surface area contributed by atoms with Crippen molar-refractivity contribution in [3.8, 4) is 0 Å². The van der Waals surface area contributed by atoms with Crippen LogP contribution in [0.1, 0.15) is 6.92 Å². The number of anilines is 2. The molecule has 0 unspecified atom stereocenters. The van der Waals surface area contributed by atoms with Gasteiger partial charge in [-0.3, -0.25) is 0 Å². The van der Waals surface area contributed by atoms with Crippen LogP contribution in [0.5, 0.6) is 0 Å². The smallest absolute Gasteiger partial charge is 0.381 e. The van der Waals surface area contributed by atoms with Gasteiger partial charge in [0.15, 0.2) is 0 Å². The third kappa shape index (κ3) is 2.77. The van der Waals surface area contributed by atoms with E-state index < -0.39 is 8.72 Å². The summed E-state index contributed by atoms with van der Waals surface area (Å²) in [6.45, 7) is 2.11. The van der Waals surface area contributed by atoms with E-state index in [0.29, 0.717) is 0 Å². The molecule has 20 heavy (non-hydrogen) atoms. The predicted octanol–water partition coefficient (Wildman–Crippen LogP) is 4.08. The number of hydrogen-bond donors (Lipinski definition) is 0. The van der Waals surface area contributed by atoms with Gasteiger partial charge in [-0.05, 0) is 24.3 Å². The highest BCUT2D eigenvalue weighted by Crippen LogP contribution is 2.33. The lowest BCUT2D eigenvalue weighted by atomic mass is 10.3. The van der Waals surface area contributed by atoms with Crippen molar-refractivity contribution in [2.45, 2.75) is 13.0 Å². The molecule has 0 N–H and O–H groups in total. The van der Waals surface area contributed by atoms with Gasteiger partial charge in [0.1, 0.15) is 0 Å². The monoisotopic (exact) mass is 287 g/mol. The van der Waals surface area contributed by atoms with E-state index in [1.54, 1.807) is 14.2 Å². The summed E-state index contributed by atoms with van der Waals surface area (Å²) in [5, 5.41) is 0. The molecule has 0 spiro atoms. The lowest BCUT2D eigenvalue weighted by molar-refractivity contribution is 0.244. The number of para-hydroxylation sites is 2. The van der Waals surface area contributed by atoms with E-state index in [4.69, 9.17) is 8.85 Å². The van der Waals surface area contributed by atoms with Gasteiger partial charge in [-0.15, -0.1) is 0 Å². The van der Waals surface area contributed by atoms with Crippen molar-refractivity contribution < 1.29 is 8.85 Å². The summed E-state index contributed by atoms with van der Waals surface area (Å²) in [7, 11) is 0.973. The molecule has 0 aliphatic carbocycles. The first-order valence-corrected chi connectivity index (χ1v) is 8.75. The fraction of sp³-hybridized carbons (Fsp3) is 0.250. The summed E-state index contributed by atoms with van der Waals surface area (Å²) in [5.74, 6) is 0. The molecule has 106 valence electrons. The SMILES string of the molecule is CC[Si](OC)(OC)N(c1ccccc1)c1ccccc1. The maximum absolute atomic E-state index is 5.85. The van der Waals surface area contributed by atoms with Gasteiger partial charge >= 0.3 is 8.72 Å². The minimum atomic E-state index is -2.50. The van der Waals surface area contributed by atoms with Crippen LogP contribution in [0, 0.1) is 0 Å². The zero-order valence-electron chi connectivity index (χ0n) is 12.2. The number of nitrogens with zero attached hydrogens (tertiary/aromatic N) is 1. The van der Waals surface area contributed by atoms with E-state index in [0.717, 1.165) is 17.4 Å². The van der Waals surface area contributed by atoms with Crippen molar-refractivity contribution in [2.75, 3.05) is 18.8 Å². The van der Waals surface area contributed by atoms with Gasteiger partial charge in [-0.25, -0.2) is 0 Å². The van der Waals surface area contributed by atoms with Gasteiger partial charge in [-0.1, -0.05) is 43.3 Å². The summed E-state index contributed by atoms with van der Waals surface area (Å²) in [4.78, 5) is 0. The summed E-state index contributed by atoms with van der Waals surface area (Å²) in [6.07, 6.45) is 0. The second-order valence-corrected chi connectivity index (χ2v) is 7.88. The molecule has 0 fully saturated rings. The van der Waals surface area contributed by atoms with Gasteiger partial charge in [0.05, 0.1) is 0 Å². The van der Waals surface area contributed by atoms with E-state index in [2.05, 4.69) is 35.8 Å². The van der Waals surface area contributed by atoms with Gasteiger partial charge in [0, 0.05) is 31.6 Å². The average Bonchev–Trinajstić information content (AvgIpc) is 2.54. The Labute approximate surface area is 122 Å². The Hall–Kier alpha value is -1.62. The molecule has 2 aromatic carbocycles. The number of benzene rings is 2. The summed E-state index contributed by atoms with van der Waals surface area (Å²) >= 11 is 0. The van der Waals surface area contributed by atoms with Crippen LogP contribution < -0.4 is 4.57 Å². The van der Waals surface area contributed by atoms with Gasteiger partial charge in [0.25, 0.3) is 0 Å². The van der Waals surface area contributed by atoms with E-state index in [1.807, 2.05) is 36.4 Å². The Kier molecular flexibility index (Phi) is 4.95. The molecular formula is C16H21NO2Si. The van der Waals surface area contributed by atoms with E-state index >= 15 is 0 Å². The first-order valence-electron chi connectivity index (χ1n) is 6.78. The lowest BCUT2D eigenvalue weighted by Gasteiger charge is -2.39. The largest absolute Gasteiger partial charge is 0.463 e. The van der Waals surface area contributed by atoms with Crippen molar-refractivity contribution in [3.05, 3.63) is 60.7 Å². The highest BCUT2D eigenvalue weighted by atomic mass is 28.4. The maximum Gasteiger partial charge on any atom is 0.463 e. The molecule has 0 saturated heterocycles. The van der Waals surface area contributed by atoms with Crippen molar-refractivity contribution in [1.29, 1.82) is 0 Å². The standard InChI is InChI=1S/C16H21NO2Si/c1-4-20(18-2,19-3)17(15-11-7-5-8-12-15)16-13-9-6-10-14-16/h5-14H,4H2,1-3H3. The summed E-state index contributed by atoms with van der Waals surface area (Å²) < 4.78 is 13.9. The Morgan fingerprint density at radius 3 is 1.50 bits per heavy atom. The van der Waals surface area contributed by atoms with Gasteiger partial charge in [0.2, 0.25) is 0 Å². The molecular weight excluding hydrogens is 266 g/mol. The normalized spacial score (nSPS) is 11.3. The Morgan fingerprint density at radius 1 is 0.800 bits per heavy atom. The predicted molar refractivity (Wildman–Crippen MR) is 85.3 cm³/mol. The first kappa shape index (κ1) is 14.8. The molecule has 0 aromatic heterocycles. The first-order chi connectivity index (χ1) is 9.77. The molecule has 0 amide bonds. The molecule has 3 nitrogen and oxygen atoms in total. The van der Waals surface area contributed by atoms with Crippen molar-refractivity contribution in [3.63, 3.8) is 0 Å². The maximum atomic E-state index is 5.85. The Morgan fingerprint density at radius 2 is 1.20 bits per heavy atom. The molecule has 0 bridgehead atoms. The van der Waals surface area contributed by atoms with E-state index in [1.165, 1.54) is 0 Å². The topological polar surface area (TPSA) is 21.7 Å². The van der Waals surface area contributed by atoms with Crippen molar-refractivity contribution in [1.82, 2.24) is 0 Å². The molecule has 0 radical (unpaired) electrons. The van der Waals surface area contributed by atoms with Crippen molar-refractivity contribution in [2.24, 2.45) is 0 Å². The minimum absolute atomic E-state index is 0.837. The second kappa shape index (κ2) is 6.70. The Balaban J connectivity index is 2.55. The number of rotatable bonds is 6. The zero-order valence-corrected chi connectivity index (χ0v) is 13.2. The number of hydrogen-bond acceptors (Lipinski definition) is 3.